The first-order valence-electron chi connectivity index (χ1n) is 9.29. The highest BCUT2D eigenvalue weighted by Crippen LogP contribution is 2.29. The van der Waals surface area contributed by atoms with E-state index in [0.29, 0.717) is 38.5 Å². The normalized spacial score (nSPS) is 13.4. The predicted octanol–water partition coefficient (Wildman–Crippen LogP) is 2.45. The summed E-state index contributed by atoms with van der Waals surface area (Å²) in [5.41, 5.74) is 4.66. The van der Waals surface area contributed by atoms with Crippen LogP contribution in [0.25, 0.3) is 11.4 Å². The fraction of sp³-hybridized carbons (Fsp3) is 0.350. The molecule has 3 aromatic rings. The summed E-state index contributed by atoms with van der Waals surface area (Å²) < 4.78 is 12.3. The van der Waals surface area contributed by atoms with Gasteiger partial charge < -0.3 is 19.4 Å². The molecule has 0 bridgehead atoms. The molecule has 4 rings (SSSR count). The Morgan fingerprint density at radius 2 is 2.18 bits per heavy atom. The lowest BCUT2D eigenvalue weighted by atomic mass is 10.0. The molecule has 2 amide bonds. The number of carbonyl (C=O) groups is 1. The number of aromatic nitrogens is 3. The molecular formula is C20H23N5O3. The third-order valence-electron chi connectivity index (χ3n) is 4.89. The maximum absolute atomic E-state index is 12.7. The first kappa shape index (κ1) is 18.2. The molecule has 0 fully saturated rings. The van der Waals surface area contributed by atoms with Crippen molar-refractivity contribution in [3.8, 4) is 11.4 Å². The van der Waals surface area contributed by atoms with E-state index in [4.69, 9.17) is 14.3 Å². The van der Waals surface area contributed by atoms with Crippen molar-refractivity contribution in [3.05, 3.63) is 59.8 Å². The van der Waals surface area contributed by atoms with Gasteiger partial charge in [0, 0.05) is 37.9 Å². The van der Waals surface area contributed by atoms with Crippen molar-refractivity contribution in [1.82, 2.24) is 25.0 Å². The fourth-order valence-corrected chi connectivity index (χ4v) is 3.45. The number of benzene rings is 1. The van der Waals surface area contributed by atoms with Gasteiger partial charge in [-0.3, -0.25) is 4.68 Å². The molecule has 0 unspecified atom stereocenters. The molecule has 28 heavy (non-hydrogen) atoms. The van der Waals surface area contributed by atoms with E-state index in [1.165, 1.54) is 6.39 Å². The van der Waals surface area contributed by atoms with Crippen molar-refractivity contribution in [2.24, 2.45) is 0 Å². The summed E-state index contributed by atoms with van der Waals surface area (Å²) in [6, 6.07) is 9.81. The summed E-state index contributed by atoms with van der Waals surface area (Å²) in [5, 5.41) is 7.72. The van der Waals surface area contributed by atoms with E-state index < -0.39 is 0 Å². The number of ether oxygens (including phenoxy) is 1. The minimum absolute atomic E-state index is 0.0785. The van der Waals surface area contributed by atoms with E-state index in [1.54, 1.807) is 13.4 Å². The zero-order valence-electron chi connectivity index (χ0n) is 15.8. The number of nitrogens with one attached hydrogen (secondary N) is 1. The third-order valence-corrected chi connectivity index (χ3v) is 4.89. The highest BCUT2D eigenvalue weighted by atomic mass is 16.5. The monoisotopic (exact) mass is 381 g/mol. The SMILES string of the molecule is COCCn1nc(-c2cocn2)c2c1CCN(C(=O)NCc1ccccc1)C2. The maximum Gasteiger partial charge on any atom is 0.317 e. The molecule has 0 saturated heterocycles. The number of hydrogen-bond acceptors (Lipinski definition) is 5. The van der Waals surface area contributed by atoms with Crippen LogP contribution in [0.15, 0.2) is 47.4 Å². The highest BCUT2D eigenvalue weighted by molar-refractivity contribution is 5.75. The van der Waals surface area contributed by atoms with Gasteiger partial charge in [-0.05, 0) is 5.56 Å². The number of nitrogens with zero attached hydrogens (tertiary/aromatic N) is 4. The summed E-state index contributed by atoms with van der Waals surface area (Å²) in [5.74, 6) is 0. The Morgan fingerprint density at radius 1 is 1.32 bits per heavy atom. The van der Waals surface area contributed by atoms with Gasteiger partial charge in [0.2, 0.25) is 0 Å². The Labute approximate surface area is 163 Å². The molecule has 0 radical (unpaired) electrons. The third kappa shape index (κ3) is 3.77. The maximum atomic E-state index is 12.7. The van der Waals surface area contributed by atoms with Crippen LogP contribution < -0.4 is 5.32 Å². The van der Waals surface area contributed by atoms with Crippen molar-refractivity contribution >= 4 is 6.03 Å². The molecule has 8 heteroatoms. The van der Waals surface area contributed by atoms with Crippen molar-refractivity contribution in [1.29, 1.82) is 0 Å². The summed E-state index contributed by atoms with van der Waals surface area (Å²) in [7, 11) is 1.67. The van der Waals surface area contributed by atoms with Gasteiger partial charge in [0.1, 0.15) is 17.7 Å². The number of fused-ring (bicyclic) bond motifs is 1. The summed E-state index contributed by atoms with van der Waals surface area (Å²) >= 11 is 0. The standard InChI is InChI=1S/C20H23N5O3/c1-27-10-9-25-18-7-8-24(20(26)21-11-15-5-3-2-4-6-15)12-16(18)19(23-25)17-13-28-14-22-17/h2-6,13-14H,7-12H2,1H3,(H,21,26). The second kappa shape index (κ2) is 8.26. The Bertz CT molecular complexity index is 921. The molecule has 1 aliphatic heterocycles. The van der Waals surface area contributed by atoms with Gasteiger partial charge in [-0.1, -0.05) is 30.3 Å². The molecule has 1 aromatic carbocycles. The number of methoxy groups -OCH3 is 1. The summed E-state index contributed by atoms with van der Waals surface area (Å²) in [6.07, 6.45) is 3.71. The number of oxazole rings is 1. The second-order valence-electron chi connectivity index (χ2n) is 6.68. The Morgan fingerprint density at radius 3 is 2.93 bits per heavy atom. The van der Waals surface area contributed by atoms with Crippen LogP contribution in [0.5, 0.6) is 0 Å². The molecule has 1 N–H and O–H groups in total. The molecule has 0 spiro atoms. The zero-order valence-corrected chi connectivity index (χ0v) is 15.8. The van der Waals surface area contributed by atoms with Crippen LogP contribution in [-0.2, 0) is 30.8 Å². The summed E-state index contributed by atoms with van der Waals surface area (Å²) in [6.45, 7) is 2.88. The van der Waals surface area contributed by atoms with Gasteiger partial charge >= 0.3 is 6.03 Å². The minimum Gasteiger partial charge on any atom is -0.451 e. The van der Waals surface area contributed by atoms with Gasteiger partial charge in [0.25, 0.3) is 0 Å². The molecule has 8 nitrogen and oxygen atoms in total. The fourth-order valence-electron chi connectivity index (χ4n) is 3.45. The van der Waals surface area contributed by atoms with Crippen LogP contribution in [0.4, 0.5) is 4.79 Å². The average molecular weight is 381 g/mol. The molecule has 2 aromatic heterocycles. The van der Waals surface area contributed by atoms with Crippen LogP contribution in [0, 0.1) is 0 Å². The van der Waals surface area contributed by atoms with Crippen molar-refractivity contribution in [2.75, 3.05) is 20.3 Å². The highest BCUT2D eigenvalue weighted by Gasteiger charge is 2.28. The lowest BCUT2D eigenvalue weighted by Crippen LogP contribution is -2.42. The van der Waals surface area contributed by atoms with Crippen molar-refractivity contribution in [2.45, 2.75) is 26.1 Å². The van der Waals surface area contributed by atoms with Crippen LogP contribution in [0.3, 0.4) is 0 Å². The first-order valence-corrected chi connectivity index (χ1v) is 9.29. The topological polar surface area (TPSA) is 85.4 Å². The Kier molecular flexibility index (Phi) is 5.38. The van der Waals surface area contributed by atoms with Gasteiger partial charge in [-0.2, -0.15) is 5.10 Å². The number of hydrogen-bond donors (Lipinski definition) is 1. The van der Waals surface area contributed by atoms with Crippen LogP contribution in [0.1, 0.15) is 16.8 Å². The number of rotatable bonds is 6. The lowest BCUT2D eigenvalue weighted by molar-refractivity contribution is 0.179. The van der Waals surface area contributed by atoms with E-state index in [9.17, 15) is 4.79 Å². The number of urea groups is 1. The van der Waals surface area contributed by atoms with Crippen molar-refractivity contribution in [3.63, 3.8) is 0 Å². The van der Waals surface area contributed by atoms with E-state index >= 15 is 0 Å². The molecule has 1 aliphatic rings. The van der Waals surface area contributed by atoms with Gasteiger partial charge in [-0.25, -0.2) is 9.78 Å². The zero-order chi connectivity index (χ0) is 19.3. The lowest BCUT2D eigenvalue weighted by Gasteiger charge is -2.28. The number of carbonyl (C=O) groups excluding carboxylic acids is 1. The number of amides is 2. The second-order valence-corrected chi connectivity index (χ2v) is 6.68. The van der Waals surface area contributed by atoms with Crippen LogP contribution in [-0.4, -0.2) is 46.0 Å². The van der Waals surface area contributed by atoms with E-state index in [-0.39, 0.29) is 6.03 Å². The van der Waals surface area contributed by atoms with Gasteiger partial charge in [0.15, 0.2) is 6.39 Å². The molecule has 146 valence electrons. The van der Waals surface area contributed by atoms with E-state index in [1.807, 2.05) is 39.9 Å². The molecular weight excluding hydrogens is 358 g/mol. The smallest absolute Gasteiger partial charge is 0.317 e. The van der Waals surface area contributed by atoms with Crippen LogP contribution >= 0.6 is 0 Å². The Balaban J connectivity index is 1.52. The Hall–Kier alpha value is -3.13. The minimum atomic E-state index is -0.0785. The first-order chi connectivity index (χ1) is 13.8. The summed E-state index contributed by atoms with van der Waals surface area (Å²) in [4.78, 5) is 18.7. The molecule has 0 saturated carbocycles. The van der Waals surface area contributed by atoms with E-state index in [0.717, 1.165) is 28.9 Å². The molecule has 0 aliphatic carbocycles. The van der Waals surface area contributed by atoms with E-state index in [2.05, 4.69) is 10.3 Å². The van der Waals surface area contributed by atoms with Gasteiger partial charge in [0.05, 0.1) is 19.7 Å². The van der Waals surface area contributed by atoms with Crippen molar-refractivity contribution < 1.29 is 13.9 Å². The largest absolute Gasteiger partial charge is 0.451 e. The predicted molar refractivity (Wildman–Crippen MR) is 102 cm³/mol. The van der Waals surface area contributed by atoms with Crippen LogP contribution in [0.2, 0.25) is 0 Å². The molecule has 0 atom stereocenters. The average Bonchev–Trinajstić information content (AvgIpc) is 3.38. The molecule has 3 heterocycles. The van der Waals surface area contributed by atoms with Gasteiger partial charge in [-0.15, -0.1) is 0 Å². The quantitative estimate of drug-likeness (QED) is 0.709.